The van der Waals surface area contributed by atoms with E-state index in [9.17, 15) is 14.3 Å². The zero-order chi connectivity index (χ0) is 14.0. The summed E-state index contributed by atoms with van der Waals surface area (Å²) < 4.78 is 13.2. The second-order valence-corrected chi connectivity index (χ2v) is 4.89. The summed E-state index contributed by atoms with van der Waals surface area (Å²) in [5.41, 5.74) is 0.647. The number of aromatic carboxylic acids is 1. The molecule has 1 saturated heterocycles. The molecule has 2 rings (SSSR count). The van der Waals surface area contributed by atoms with Crippen molar-refractivity contribution >= 4 is 11.7 Å². The number of likely N-dealkylation sites (N-methyl/N-ethyl adjacent to an activating group) is 1. The van der Waals surface area contributed by atoms with E-state index in [-0.39, 0.29) is 5.56 Å². The largest absolute Gasteiger partial charge is 0.478 e. The number of hydrogen-bond donors (Lipinski definition) is 1. The number of carboxylic acid groups (broad SMARTS) is 1. The maximum absolute atomic E-state index is 13.2. The molecule has 1 aliphatic rings. The lowest BCUT2D eigenvalue weighted by molar-refractivity contribution is 0.0696. The van der Waals surface area contributed by atoms with E-state index in [1.807, 2.05) is 4.90 Å². The van der Waals surface area contributed by atoms with Gasteiger partial charge in [0, 0.05) is 25.7 Å². The van der Waals surface area contributed by atoms with Crippen LogP contribution in [0, 0.1) is 5.82 Å². The molecule has 1 unspecified atom stereocenters. The highest BCUT2D eigenvalue weighted by Gasteiger charge is 2.25. The first kappa shape index (κ1) is 13.8. The van der Waals surface area contributed by atoms with Gasteiger partial charge >= 0.3 is 5.97 Å². The van der Waals surface area contributed by atoms with Crippen molar-refractivity contribution in [2.24, 2.45) is 0 Å². The molecule has 1 atom stereocenters. The van der Waals surface area contributed by atoms with Gasteiger partial charge in [0.15, 0.2) is 0 Å². The molecule has 1 fully saturated rings. The first-order valence-corrected chi connectivity index (χ1v) is 6.54. The molecular formula is C14H19FN2O2. The van der Waals surface area contributed by atoms with Crippen LogP contribution in [0.1, 0.15) is 24.2 Å². The minimum absolute atomic E-state index is 0.0390. The molecule has 0 aromatic heterocycles. The van der Waals surface area contributed by atoms with Crippen LogP contribution in [0.25, 0.3) is 0 Å². The summed E-state index contributed by atoms with van der Waals surface area (Å²) in [7, 11) is 0. The topological polar surface area (TPSA) is 43.8 Å². The van der Waals surface area contributed by atoms with Gasteiger partial charge in [-0.15, -0.1) is 0 Å². The molecule has 1 aromatic carbocycles. The quantitative estimate of drug-likeness (QED) is 0.909. The van der Waals surface area contributed by atoms with Gasteiger partial charge in [-0.1, -0.05) is 6.92 Å². The molecule has 0 spiro atoms. The summed E-state index contributed by atoms with van der Waals surface area (Å²) in [5, 5.41) is 9.18. The second kappa shape index (κ2) is 5.57. The Bertz CT molecular complexity index is 479. The van der Waals surface area contributed by atoms with Gasteiger partial charge in [-0.25, -0.2) is 9.18 Å². The Morgan fingerprint density at radius 3 is 2.79 bits per heavy atom. The summed E-state index contributed by atoms with van der Waals surface area (Å²) in [6.07, 6.45) is 0. The Morgan fingerprint density at radius 1 is 1.47 bits per heavy atom. The van der Waals surface area contributed by atoms with Crippen molar-refractivity contribution in [1.82, 2.24) is 4.90 Å². The number of benzene rings is 1. The Morgan fingerprint density at radius 2 is 2.21 bits per heavy atom. The van der Waals surface area contributed by atoms with Crippen molar-refractivity contribution in [2.75, 3.05) is 31.1 Å². The average molecular weight is 266 g/mol. The number of halogens is 1. The predicted molar refractivity (Wildman–Crippen MR) is 72.3 cm³/mol. The molecule has 0 radical (unpaired) electrons. The van der Waals surface area contributed by atoms with Gasteiger partial charge in [-0.05, 0) is 31.7 Å². The first-order chi connectivity index (χ1) is 9.02. The Balaban J connectivity index is 2.25. The highest BCUT2D eigenvalue weighted by atomic mass is 19.1. The number of carboxylic acids is 1. The molecule has 1 aromatic rings. The zero-order valence-electron chi connectivity index (χ0n) is 11.3. The maximum atomic E-state index is 13.2. The minimum Gasteiger partial charge on any atom is -0.478 e. The monoisotopic (exact) mass is 266 g/mol. The fourth-order valence-corrected chi connectivity index (χ4v) is 2.64. The number of piperazine rings is 1. The van der Waals surface area contributed by atoms with Crippen LogP contribution >= 0.6 is 0 Å². The third-order valence-corrected chi connectivity index (χ3v) is 3.70. The molecule has 0 saturated carbocycles. The average Bonchev–Trinajstić information content (AvgIpc) is 2.38. The molecule has 19 heavy (non-hydrogen) atoms. The van der Waals surface area contributed by atoms with Gasteiger partial charge in [0.2, 0.25) is 0 Å². The molecule has 1 aliphatic heterocycles. The number of hydrogen-bond acceptors (Lipinski definition) is 3. The maximum Gasteiger partial charge on any atom is 0.337 e. The fraction of sp³-hybridized carbons (Fsp3) is 0.500. The summed E-state index contributed by atoms with van der Waals surface area (Å²) in [4.78, 5) is 15.6. The molecule has 5 heteroatoms. The number of carbonyl (C=O) groups is 1. The third-order valence-electron chi connectivity index (χ3n) is 3.70. The van der Waals surface area contributed by atoms with Crippen LogP contribution in [0.4, 0.5) is 10.1 Å². The summed E-state index contributed by atoms with van der Waals surface area (Å²) in [6.45, 7) is 7.66. The van der Waals surface area contributed by atoms with Crippen molar-refractivity contribution in [3.05, 3.63) is 29.6 Å². The van der Waals surface area contributed by atoms with Crippen LogP contribution in [0.3, 0.4) is 0 Å². The molecule has 1 N–H and O–H groups in total. The van der Waals surface area contributed by atoms with Crippen LogP contribution < -0.4 is 4.90 Å². The molecular weight excluding hydrogens is 247 g/mol. The van der Waals surface area contributed by atoms with Crippen molar-refractivity contribution in [1.29, 1.82) is 0 Å². The van der Waals surface area contributed by atoms with E-state index in [1.165, 1.54) is 6.07 Å². The van der Waals surface area contributed by atoms with Crippen LogP contribution in [0.2, 0.25) is 0 Å². The zero-order valence-corrected chi connectivity index (χ0v) is 11.3. The second-order valence-electron chi connectivity index (χ2n) is 4.89. The van der Waals surface area contributed by atoms with Crippen molar-refractivity contribution in [2.45, 2.75) is 19.9 Å². The van der Waals surface area contributed by atoms with E-state index < -0.39 is 11.8 Å². The van der Waals surface area contributed by atoms with Crippen molar-refractivity contribution in [3.8, 4) is 0 Å². The van der Waals surface area contributed by atoms with E-state index >= 15 is 0 Å². The van der Waals surface area contributed by atoms with Gasteiger partial charge in [-0.2, -0.15) is 0 Å². The van der Waals surface area contributed by atoms with Gasteiger partial charge in [0.25, 0.3) is 0 Å². The van der Waals surface area contributed by atoms with E-state index in [4.69, 9.17) is 0 Å². The third kappa shape index (κ3) is 2.87. The number of anilines is 1. The predicted octanol–water partition coefficient (Wildman–Crippen LogP) is 2.05. The Kier molecular flexibility index (Phi) is 4.04. The summed E-state index contributed by atoms with van der Waals surface area (Å²) in [5.74, 6) is -1.60. The van der Waals surface area contributed by atoms with Crippen molar-refractivity contribution < 1.29 is 14.3 Å². The standard InChI is InChI=1S/C14H19FN2O2/c1-3-16-6-7-17(9-10(16)2)13-5-4-11(15)8-12(13)14(18)19/h4-5,8,10H,3,6-7,9H2,1-2H3,(H,18,19). The summed E-state index contributed by atoms with van der Waals surface area (Å²) in [6, 6.07) is 4.34. The van der Waals surface area contributed by atoms with E-state index in [0.717, 1.165) is 32.2 Å². The van der Waals surface area contributed by atoms with E-state index in [0.29, 0.717) is 11.7 Å². The fourth-order valence-electron chi connectivity index (χ4n) is 2.64. The van der Waals surface area contributed by atoms with Gasteiger partial charge in [-0.3, -0.25) is 4.90 Å². The molecule has 0 amide bonds. The van der Waals surface area contributed by atoms with Crippen molar-refractivity contribution in [3.63, 3.8) is 0 Å². The van der Waals surface area contributed by atoms with Gasteiger partial charge < -0.3 is 10.0 Å². The molecule has 1 heterocycles. The van der Waals surface area contributed by atoms with Crippen LogP contribution in [0.15, 0.2) is 18.2 Å². The smallest absolute Gasteiger partial charge is 0.337 e. The number of nitrogens with zero attached hydrogens (tertiary/aromatic N) is 2. The Hall–Kier alpha value is -1.62. The van der Waals surface area contributed by atoms with E-state index in [2.05, 4.69) is 18.7 Å². The Labute approximate surface area is 112 Å². The lowest BCUT2D eigenvalue weighted by atomic mass is 10.1. The normalized spacial score (nSPS) is 20.6. The summed E-state index contributed by atoms with van der Waals surface area (Å²) >= 11 is 0. The molecule has 4 nitrogen and oxygen atoms in total. The highest BCUT2D eigenvalue weighted by molar-refractivity contribution is 5.94. The highest BCUT2D eigenvalue weighted by Crippen LogP contribution is 2.24. The molecule has 0 aliphatic carbocycles. The minimum atomic E-state index is -1.08. The number of rotatable bonds is 3. The molecule has 0 bridgehead atoms. The lowest BCUT2D eigenvalue weighted by Crippen LogP contribution is -2.52. The lowest BCUT2D eigenvalue weighted by Gasteiger charge is -2.40. The SMILES string of the molecule is CCN1CCN(c2ccc(F)cc2C(=O)O)CC1C. The van der Waals surface area contributed by atoms with Crippen LogP contribution in [0.5, 0.6) is 0 Å². The van der Waals surface area contributed by atoms with Crippen LogP contribution in [-0.2, 0) is 0 Å². The molecule has 104 valence electrons. The van der Waals surface area contributed by atoms with Gasteiger partial charge in [0.05, 0.1) is 11.3 Å². The van der Waals surface area contributed by atoms with Crippen LogP contribution in [-0.4, -0.2) is 48.2 Å². The van der Waals surface area contributed by atoms with Gasteiger partial charge in [0.1, 0.15) is 5.82 Å². The first-order valence-electron chi connectivity index (χ1n) is 6.54. The van der Waals surface area contributed by atoms with E-state index in [1.54, 1.807) is 6.07 Å².